The molecule has 0 amide bonds. The zero-order valence-corrected chi connectivity index (χ0v) is 10.6. The molecule has 0 saturated carbocycles. The fraction of sp³-hybridized carbons (Fsp3) is 0.231. The van der Waals surface area contributed by atoms with Crippen LogP contribution in [0.5, 0.6) is 0 Å². The zero-order valence-electron chi connectivity index (χ0n) is 9.83. The first-order chi connectivity index (χ1) is 8.06. The Bertz CT molecular complexity index is 798. The number of rotatable bonds is 0. The molecule has 3 aromatic rings. The van der Waals surface area contributed by atoms with E-state index >= 15 is 0 Å². The molecule has 0 aliphatic carbocycles. The summed E-state index contributed by atoms with van der Waals surface area (Å²) in [6.45, 7) is 6.08. The van der Waals surface area contributed by atoms with Crippen molar-refractivity contribution in [2.45, 2.75) is 20.8 Å². The minimum atomic E-state index is -0.341. The Morgan fingerprint density at radius 3 is 2.71 bits per heavy atom. The van der Waals surface area contributed by atoms with Crippen molar-refractivity contribution in [1.29, 1.82) is 0 Å². The summed E-state index contributed by atoms with van der Waals surface area (Å²) in [6.07, 6.45) is 0. The summed E-state index contributed by atoms with van der Waals surface area (Å²) in [5.41, 5.74) is 2.26. The Labute approximate surface area is 102 Å². The van der Waals surface area contributed by atoms with Gasteiger partial charge in [0.15, 0.2) is 0 Å². The van der Waals surface area contributed by atoms with Gasteiger partial charge in [-0.2, -0.15) is 0 Å². The van der Waals surface area contributed by atoms with Gasteiger partial charge in [0.05, 0.1) is 0 Å². The second-order valence-corrected chi connectivity index (χ2v) is 5.43. The number of pyridine rings is 1. The summed E-state index contributed by atoms with van der Waals surface area (Å²) in [6, 6.07) is 3.57. The molecule has 86 valence electrons. The van der Waals surface area contributed by atoms with Crippen LogP contribution in [0.25, 0.3) is 21.3 Å². The van der Waals surface area contributed by atoms with Crippen LogP contribution >= 0.6 is 11.3 Å². The first-order valence-electron chi connectivity index (χ1n) is 5.37. The lowest BCUT2D eigenvalue weighted by atomic mass is 10.1. The van der Waals surface area contributed by atoms with E-state index < -0.39 is 0 Å². The fourth-order valence-corrected chi connectivity index (χ4v) is 2.98. The van der Waals surface area contributed by atoms with Crippen molar-refractivity contribution >= 4 is 32.7 Å². The third kappa shape index (κ3) is 1.48. The number of nitrogens with zero attached hydrogens (tertiary/aromatic N) is 1. The predicted molar refractivity (Wildman–Crippen MR) is 69.9 cm³/mol. The molecule has 17 heavy (non-hydrogen) atoms. The van der Waals surface area contributed by atoms with E-state index in [1.807, 2.05) is 6.92 Å². The molecule has 0 bridgehead atoms. The summed E-state index contributed by atoms with van der Waals surface area (Å²) in [5, 5.41) is 2.06. The van der Waals surface area contributed by atoms with E-state index in [2.05, 4.69) is 24.9 Å². The molecule has 0 aromatic carbocycles. The van der Waals surface area contributed by atoms with Gasteiger partial charge >= 0.3 is 5.63 Å². The van der Waals surface area contributed by atoms with E-state index in [0.29, 0.717) is 5.71 Å². The topological polar surface area (TPSA) is 43.1 Å². The van der Waals surface area contributed by atoms with E-state index in [1.165, 1.54) is 16.5 Å². The van der Waals surface area contributed by atoms with Crippen molar-refractivity contribution in [2.24, 2.45) is 0 Å². The van der Waals surface area contributed by atoms with Gasteiger partial charge in [0.1, 0.15) is 4.83 Å². The van der Waals surface area contributed by atoms with Crippen LogP contribution in [0.1, 0.15) is 16.0 Å². The SMILES string of the molecule is Cc1sc2nc3oc(=O)cc(C)c3cc2c1C. The van der Waals surface area contributed by atoms with E-state index in [9.17, 15) is 4.79 Å². The maximum atomic E-state index is 11.3. The van der Waals surface area contributed by atoms with Gasteiger partial charge in [0, 0.05) is 21.7 Å². The average Bonchev–Trinajstić information content (AvgIpc) is 2.52. The lowest BCUT2D eigenvalue weighted by Crippen LogP contribution is -1.98. The van der Waals surface area contributed by atoms with Crippen molar-refractivity contribution in [1.82, 2.24) is 4.98 Å². The quantitative estimate of drug-likeness (QED) is 0.610. The second kappa shape index (κ2) is 3.40. The van der Waals surface area contributed by atoms with E-state index in [-0.39, 0.29) is 5.63 Å². The number of thiophene rings is 1. The first-order valence-corrected chi connectivity index (χ1v) is 6.19. The molecule has 0 aliphatic heterocycles. The summed E-state index contributed by atoms with van der Waals surface area (Å²) in [7, 11) is 0. The molecule has 0 radical (unpaired) electrons. The molecule has 0 atom stereocenters. The minimum Gasteiger partial charge on any atom is -0.404 e. The molecular formula is C13H11NO2S. The third-order valence-electron chi connectivity index (χ3n) is 3.09. The number of aryl methyl sites for hydroxylation is 3. The van der Waals surface area contributed by atoms with E-state index in [1.54, 1.807) is 11.3 Å². The Morgan fingerprint density at radius 2 is 1.94 bits per heavy atom. The van der Waals surface area contributed by atoms with Crippen LogP contribution in [0.3, 0.4) is 0 Å². The van der Waals surface area contributed by atoms with Crippen molar-refractivity contribution in [3.63, 3.8) is 0 Å². The van der Waals surface area contributed by atoms with Gasteiger partial charge in [0.25, 0.3) is 0 Å². The first kappa shape index (κ1) is 10.5. The largest absolute Gasteiger partial charge is 0.404 e. The Hall–Kier alpha value is -1.68. The predicted octanol–water partition coefficient (Wildman–Crippen LogP) is 3.33. The molecule has 0 fully saturated rings. The zero-order chi connectivity index (χ0) is 12.2. The smallest absolute Gasteiger partial charge is 0.337 e. The molecule has 0 unspecified atom stereocenters. The van der Waals surface area contributed by atoms with E-state index in [4.69, 9.17) is 4.42 Å². The van der Waals surface area contributed by atoms with Crippen LogP contribution in [0.15, 0.2) is 21.3 Å². The Morgan fingerprint density at radius 1 is 1.18 bits per heavy atom. The second-order valence-electron chi connectivity index (χ2n) is 4.23. The van der Waals surface area contributed by atoms with Gasteiger partial charge in [-0.1, -0.05) is 0 Å². The number of aromatic nitrogens is 1. The minimum absolute atomic E-state index is 0.341. The summed E-state index contributed by atoms with van der Waals surface area (Å²) >= 11 is 1.63. The van der Waals surface area contributed by atoms with E-state index in [0.717, 1.165) is 21.2 Å². The average molecular weight is 245 g/mol. The molecule has 0 spiro atoms. The van der Waals surface area contributed by atoms with Gasteiger partial charge in [-0.05, 0) is 38.0 Å². The van der Waals surface area contributed by atoms with Crippen molar-refractivity contribution in [2.75, 3.05) is 0 Å². The molecule has 0 N–H and O–H groups in total. The Balaban J connectivity index is 2.56. The van der Waals surface area contributed by atoms with Crippen LogP contribution in [0.4, 0.5) is 0 Å². The Kier molecular flexibility index (Phi) is 2.10. The van der Waals surface area contributed by atoms with Gasteiger partial charge < -0.3 is 4.42 Å². The molecule has 0 saturated heterocycles. The van der Waals surface area contributed by atoms with Crippen molar-refractivity contribution in [3.8, 4) is 0 Å². The van der Waals surface area contributed by atoms with Gasteiger partial charge in [-0.25, -0.2) is 9.78 Å². The molecule has 3 nitrogen and oxygen atoms in total. The lowest BCUT2D eigenvalue weighted by molar-refractivity contribution is 0.550. The fourth-order valence-electron chi connectivity index (χ4n) is 1.98. The van der Waals surface area contributed by atoms with Crippen molar-refractivity contribution < 1.29 is 4.42 Å². The standard InChI is InChI=1S/C13H11NO2S/c1-6-4-11(15)16-12-9(6)5-10-7(2)8(3)17-13(10)14-12/h4-5H,1-3H3. The summed E-state index contributed by atoms with van der Waals surface area (Å²) in [4.78, 5) is 17.9. The van der Waals surface area contributed by atoms with Gasteiger partial charge in [0.2, 0.25) is 5.71 Å². The number of fused-ring (bicyclic) bond motifs is 2. The highest BCUT2D eigenvalue weighted by Gasteiger charge is 2.10. The normalized spacial score (nSPS) is 11.5. The maximum absolute atomic E-state index is 11.3. The monoisotopic (exact) mass is 245 g/mol. The highest BCUT2D eigenvalue weighted by Crippen LogP contribution is 2.31. The molecular weight excluding hydrogens is 234 g/mol. The molecule has 0 aliphatic rings. The van der Waals surface area contributed by atoms with Crippen LogP contribution in [0.2, 0.25) is 0 Å². The number of hydrogen-bond acceptors (Lipinski definition) is 4. The van der Waals surface area contributed by atoms with Crippen LogP contribution < -0.4 is 5.63 Å². The van der Waals surface area contributed by atoms with Gasteiger partial charge in [-0.3, -0.25) is 0 Å². The molecule has 4 heteroatoms. The van der Waals surface area contributed by atoms with Crippen molar-refractivity contribution in [3.05, 3.63) is 38.6 Å². The van der Waals surface area contributed by atoms with Gasteiger partial charge in [-0.15, -0.1) is 11.3 Å². The third-order valence-corrected chi connectivity index (χ3v) is 4.21. The van der Waals surface area contributed by atoms with Crippen LogP contribution in [0, 0.1) is 20.8 Å². The highest BCUT2D eigenvalue weighted by atomic mass is 32.1. The highest BCUT2D eigenvalue weighted by molar-refractivity contribution is 7.18. The lowest BCUT2D eigenvalue weighted by Gasteiger charge is -2.00. The van der Waals surface area contributed by atoms with Crippen LogP contribution in [-0.2, 0) is 0 Å². The molecule has 3 rings (SSSR count). The maximum Gasteiger partial charge on any atom is 0.337 e. The number of hydrogen-bond donors (Lipinski definition) is 0. The van der Waals surface area contributed by atoms with Crippen LogP contribution in [-0.4, -0.2) is 4.98 Å². The summed E-state index contributed by atoms with van der Waals surface area (Å²) < 4.78 is 5.14. The molecule has 3 aromatic heterocycles. The molecule has 3 heterocycles. The summed E-state index contributed by atoms with van der Waals surface area (Å²) in [5.74, 6) is 0.